The van der Waals surface area contributed by atoms with E-state index in [-0.39, 0.29) is 5.91 Å². The quantitative estimate of drug-likeness (QED) is 0.756. The predicted molar refractivity (Wildman–Crippen MR) is 84.1 cm³/mol. The van der Waals surface area contributed by atoms with Gasteiger partial charge in [-0.05, 0) is 36.6 Å². The van der Waals surface area contributed by atoms with E-state index in [0.29, 0.717) is 24.0 Å². The van der Waals surface area contributed by atoms with Gasteiger partial charge in [0.15, 0.2) is 11.5 Å². The fourth-order valence-electron chi connectivity index (χ4n) is 2.43. The highest BCUT2D eigenvalue weighted by Gasteiger charge is 2.26. The Kier molecular flexibility index (Phi) is 3.38. The molecule has 2 N–H and O–H groups in total. The first kappa shape index (κ1) is 13.7. The first-order chi connectivity index (χ1) is 11.3. The summed E-state index contributed by atoms with van der Waals surface area (Å²) >= 11 is 0. The molecule has 3 aromatic heterocycles. The Morgan fingerprint density at radius 1 is 1.30 bits per heavy atom. The number of rotatable bonds is 5. The van der Waals surface area contributed by atoms with Crippen LogP contribution in [0.3, 0.4) is 0 Å². The lowest BCUT2D eigenvalue weighted by molar-refractivity contribution is 0.102. The molecule has 116 valence electrons. The number of carbonyl (C=O) groups is 1. The lowest BCUT2D eigenvalue weighted by Crippen LogP contribution is -2.13. The van der Waals surface area contributed by atoms with Crippen LogP contribution in [0.4, 0.5) is 5.82 Å². The zero-order valence-corrected chi connectivity index (χ0v) is 12.4. The number of nitrogens with zero attached hydrogens (tertiary/aromatic N) is 4. The molecule has 1 fully saturated rings. The van der Waals surface area contributed by atoms with E-state index in [4.69, 9.17) is 0 Å². The summed E-state index contributed by atoms with van der Waals surface area (Å²) in [4.78, 5) is 16.2. The largest absolute Gasteiger partial charge is 0.304 e. The summed E-state index contributed by atoms with van der Waals surface area (Å²) in [5, 5.41) is 14.1. The molecule has 3 heterocycles. The average Bonchev–Trinajstić information content (AvgIpc) is 3.13. The van der Waals surface area contributed by atoms with E-state index in [0.717, 1.165) is 11.3 Å². The molecule has 0 aliphatic heterocycles. The Balaban J connectivity index is 1.41. The molecule has 3 aromatic rings. The van der Waals surface area contributed by atoms with Gasteiger partial charge in [-0.3, -0.25) is 19.6 Å². The highest BCUT2D eigenvalue weighted by molar-refractivity contribution is 6.02. The van der Waals surface area contributed by atoms with Gasteiger partial charge in [0.25, 0.3) is 5.91 Å². The fourth-order valence-corrected chi connectivity index (χ4v) is 2.43. The van der Waals surface area contributed by atoms with E-state index in [1.165, 1.54) is 12.8 Å². The second-order valence-corrected chi connectivity index (χ2v) is 5.69. The molecule has 7 heteroatoms. The van der Waals surface area contributed by atoms with Crippen LogP contribution < -0.4 is 5.32 Å². The molecule has 0 atom stereocenters. The summed E-state index contributed by atoms with van der Waals surface area (Å²) in [6.45, 7) is 0.632. The topological polar surface area (TPSA) is 88.5 Å². The standard InChI is InChI=1S/C16H16N6O/c23-16(14-9-13(19-20-14)12-1-2-12)18-15-5-8-22(21-15)10-11-3-6-17-7-4-11/h3-9,12H,1-2,10H2,(H,19,20)(H,18,21,23). The van der Waals surface area contributed by atoms with Gasteiger partial charge < -0.3 is 5.32 Å². The molecule has 7 nitrogen and oxygen atoms in total. The first-order valence-electron chi connectivity index (χ1n) is 7.57. The number of pyridine rings is 1. The van der Waals surface area contributed by atoms with Gasteiger partial charge in [0.05, 0.1) is 6.54 Å². The Morgan fingerprint density at radius 3 is 2.91 bits per heavy atom. The SMILES string of the molecule is O=C(Nc1ccn(Cc2ccncc2)n1)c1cc(C2CC2)[nH]n1. The third-order valence-corrected chi connectivity index (χ3v) is 3.82. The molecule has 23 heavy (non-hydrogen) atoms. The Bertz CT molecular complexity index is 818. The molecule has 0 radical (unpaired) electrons. The monoisotopic (exact) mass is 308 g/mol. The Morgan fingerprint density at radius 2 is 2.13 bits per heavy atom. The van der Waals surface area contributed by atoms with Crippen LogP contribution >= 0.6 is 0 Å². The van der Waals surface area contributed by atoms with Crippen LogP contribution in [-0.4, -0.2) is 30.9 Å². The maximum Gasteiger partial charge on any atom is 0.277 e. The van der Waals surface area contributed by atoms with E-state index in [2.05, 4.69) is 25.6 Å². The van der Waals surface area contributed by atoms with Crippen LogP contribution in [0, 0.1) is 0 Å². The molecule has 0 unspecified atom stereocenters. The molecule has 0 bridgehead atoms. The highest BCUT2D eigenvalue weighted by atomic mass is 16.2. The number of H-pyrrole nitrogens is 1. The van der Waals surface area contributed by atoms with Crippen molar-refractivity contribution in [2.75, 3.05) is 5.32 Å². The van der Waals surface area contributed by atoms with Crippen LogP contribution in [-0.2, 0) is 6.54 Å². The second-order valence-electron chi connectivity index (χ2n) is 5.69. The summed E-state index contributed by atoms with van der Waals surface area (Å²) in [6.07, 6.45) is 7.66. The van der Waals surface area contributed by atoms with Gasteiger partial charge in [-0.1, -0.05) is 0 Å². The summed E-state index contributed by atoms with van der Waals surface area (Å²) in [5.74, 6) is 0.811. The van der Waals surface area contributed by atoms with Gasteiger partial charge in [-0.2, -0.15) is 10.2 Å². The minimum Gasteiger partial charge on any atom is -0.304 e. The smallest absolute Gasteiger partial charge is 0.277 e. The molecule has 1 amide bonds. The summed E-state index contributed by atoms with van der Waals surface area (Å²) in [5.41, 5.74) is 2.54. The maximum atomic E-state index is 12.2. The Hall–Kier alpha value is -2.96. The van der Waals surface area contributed by atoms with Crippen molar-refractivity contribution in [3.63, 3.8) is 0 Å². The van der Waals surface area contributed by atoms with Crippen molar-refractivity contribution in [1.29, 1.82) is 0 Å². The van der Waals surface area contributed by atoms with E-state index < -0.39 is 0 Å². The number of aromatic amines is 1. The number of carbonyl (C=O) groups excluding carboxylic acids is 1. The molecule has 0 aromatic carbocycles. The Labute approximate surface area is 132 Å². The van der Waals surface area contributed by atoms with Crippen molar-refractivity contribution in [3.05, 3.63) is 59.8 Å². The van der Waals surface area contributed by atoms with Crippen LogP contribution in [0.5, 0.6) is 0 Å². The van der Waals surface area contributed by atoms with Crippen molar-refractivity contribution < 1.29 is 4.79 Å². The van der Waals surface area contributed by atoms with Crippen molar-refractivity contribution >= 4 is 11.7 Å². The van der Waals surface area contributed by atoms with Gasteiger partial charge in [0.1, 0.15) is 0 Å². The molecular formula is C16H16N6O. The van der Waals surface area contributed by atoms with Crippen LogP contribution in [0.25, 0.3) is 0 Å². The third-order valence-electron chi connectivity index (χ3n) is 3.82. The number of hydrogen-bond acceptors (Lipinski definition) is 4. The van der Waals surface area contributed by atoms with E-state index >= 15 is 0 Å². The summed E-state index contributed by atoms with van der Waals surface area (Å²) < 4.78 is 1.77. The van der Waals surface area contributed by atoms with Crippen LogP contribution in [0.1, 0.15) is 40.5 Å². The van der Waals surface area contributed by atoms with Crippen molar-refractivity contribution in [2.24, 2.45) is 0 Å². The number of amides is 1. The molecule has 1 aliphatic rings. The van der Waals surface area contributed by atoms with Crippen molar-refractivity contribution in [1.82, 2.24) is 25.0 Å². The lowest BCUT2D eigenvalue weighted by atomic mass is 10.2. The summed E-state index contributed by atoms with van der Waals surface area (Å²) in [6, 6.07) is 7.46. The molecule has 0 saturated heterocycles. The van der Waals surface area contributed by atoms with Gasteiger partial charge in [-0.15, -0.1) is 0 Å². The van der Waals surface area contributed by atoms with Gasteiger partial charge in [0, 0.05) is 36.3 Å². The highest BCUT2D eigenvalue weighted by Crippen LogP contribution is 2.39. The molecule has 4 rings (SSSR count). The zero-order valence-electron chi connectivity index (χ0n) is 12.4. The lowest BCUT2D eigenvalue weighted by Gasteiger charge is -2.01. The van der Waals surface area contributed by atoms with E-state index in [9.17, 15) is 4.79 Å². The number of anilines is 1. The minimum absolute atomic E-state index is 0.248. The molecule has 1 saturated carbocycles. The van der Waals surface area contributed by atoms with Crippen LogP contribution in [0.2, 0.25) is 0 Å². The van der Waals surface area contributed by atoms with Crippen molar-refractivity contribution in [3.8, 4) is 0 Å². The number of nitrogens with one attached hydrogen (secondary N) is 2. The zero-order chi connectivity index (χ0) is 15.6. The van der Waals surface area contributed by atoms with Crippen molar-refractivity contribution in [2.45, 2.75) is 25.3 Å². The normalized spacial score (nSPS) is 13.9. The summed E-state index contributed by atoms with van der Waals surface area (Å²) in [7, 11) is 0. The number of hydrogen-bond donors (Lipinski definition) is 2. The molecular weight excluding hydrogens is 292 g/mol. The second kappa shape index (κ2) is 5.68. The van der Waals surface area contributed by atoms with Crippen LogP contribution in [0.15, 0.2) is 42.9 Å². The van der Waals surface area contributed by atoms with Gasteiger partial charge >= 0.3 is 0 Å². The number of aromatic nitrogens is 5. The van der Waals surface area contributed by atoms with E-state index in [1.54, 1.807) is 23.1 Å². The predicted octanol–water partition coefficient (Wildman–Crippen LogP) is 2.18. The molecule has 1 aliphatic carbocycles. The first-order valence-corrected chi connectivity index (χ1v) is 7.57. The molecule has 0 spiro atoms. The average molecular weight is 308 g/mol. The van der Waals surface area contributed by atoms with Gasteiger partial charge in [0.2, 0.25) is 0 Å². The van der Waals surface area contributed by atoms with Gasteiger partial charge in [-0.25, -0.2) is 0 Å². The maximum absolute atomic E-state index is 12.2. The van der Waals surface area contributed by atoms with E-state index in [1.807, 2.05) is 24.4 Å². The minimum atomic E-state index is -0.248. The fraction of sp³-hybridized carbons (Fsp3) is 0.250. The third kappa shape index (κ3) is 3.13.